The third kappa shape index (κ3) is 3.43. The Labute approximate surface area is 122 Å². The Hall–Kier alpha value is -0.190. The Bertz CT molecular complexity index is 403. The fourth-order valence-corrected chi connectivity index (χ4v) is 4.03. The van der Waals surface area contributed by atoms with E-state index in [1.54, 1.807) is 0 Å². The summed E-state index contributed by atoms with van der Waals surface area (Å²) in [6, 6.07) is 7.40. The van der Waals surface area contributed by atoms with E-state index in [9.17, 15) is 0 Å². The van der Waals surface area contributed by atoms with Gasteiger partial charge in [0.1, 0.15) is 0 Å². The van der Waals surface area contributed by atoms with Gasteiger partial charge in [-0.3, -0.25) is 0 Å². The summed E-state index contributed by atoms with van der Waals surface area (Å²) in [6.45, 7) is 2.07. The molecule has 2 rings (SSSR count). The molecule has 1 aromatic carbocycles. The van der Waals surface area contributed by atoms with Gasteiger partial charge in [0.25, 0.3) is 0 Å². The SMILES string of the molecule is CC(N)Cc1ccc(Br)cc1N(C)C1CCSC1. The van der Waals surface area contributed by atoms with Crippen molar-refractivity contribution >= 4 is 33.4 Å². The molecule has 4 heteroatoms. The highest BCUT2D eigenvalue weighted by Gasteiger charge is 2.22. The van der Waals surface area contributed by atoms with E-state index in [0.29, 0.717) is 6.04 Å². The van der Waals surface area contributed by atoms with Crippen molar-refractivity contribution in [3.8, 4) is 0 Å². The largest absolute Gasteiger partial charge is 0.370 e. The monoisotopic (exact) mass is 328 g/mol. The van der Waals surface area contributed by atoms with Crippen molar-refractivity contribution in [1.82, 2.24) is 0 Å². The van der Waals surface area contributed by atoms with Crippen LogP contribution in [0.1, 0.15) is 18.9 Å². The van der Waals surface area contributed by atoms with Gasteiger partial charge in [-0.25, -0.2) is 0 Å². The Morgan fingerprint density at radius 3 is 2.94 bits per heavy atom. The molecule has 2 unspecified atom stereocenters. The first-order valence-corrected chi connectivity index (χ1v) is 8.37. The first kappa shape index (κ1) is 14.2. The van der Waals surface area contributed by atoms with Gasteiger partial charge in [0.15, 0.2) is 0 Å². The molecule has 1 aliphatic heterocycles. The lowest BCUT2D eigenvalue weighted by atomic mass is 10.0. The molecule has 18 heavy (non-hydrogen) atoms. The van der Waals surface area contributed by atoms with E-state index >= 15 is 0 Å². The van der Waals surface area contributed by atoms with Gasteiger partial charge in [-0.1, -0.05) is 22.0 Å². The molecular weight excluding hydrogens is 308 g/mol. The summed E-state index contributed by atoms with van der Waals surface area (Å²) in [5.74, 6) is 2.52. The zero-order chi connectivity index (χ0) is 13.1. The molecule has 0 aliphatic carbocycles. The van der Waals surface area contributed by atoms with E-state index in [4.69, 9.17) is 5.73 Å². The van der Waals surface area contributed by atoms with Gasteiger partial charge < -0.3 is 10.6 Å². The van der Waals surface area contributed by atoms with Crippen molar-refractivity contribution in [3.63, 3.8) is 0 Å². The van der Waals surface area contributed by atoms with Crippen molar-refractivity contribution in [2.24, 2.45) is 5.73 Å². The van der Waals surface area contributed by atoms with E-state index in [1.165, 1.54) is 29.2 Å². The van der Waals surface area contributed by atoms with Gasteiger partial charge in [-0.2, -0.15) is 11.8 Å². The average Bonchev–Trinajstić information content (AvgIpc) is 2.83. The van der Waals surface area contributed by atoms with Gasteiger partial charge in [0, 0.05) is 35.0 Å². The van der Waals surface area contributed by atoms with Crippen LogP contribution >= 0.6 is 27.7 Å². The van der Waals surface area contributed by atoms with Crippen LogP contribution in [0.15, 0.2) is 22.7 Å². The normalized spacial score (nSPS) is 21.0. The summed E-state index contributed by atoms with van der Waals surface area (Å²) in [4.78, 5) is 2.43. The maximum Gasteiger partial charge on any atom is 0.0410 e. The molecule has 2 nitrogen and oxygen atoms in total. The van der Waals surface area contributed by atoms with Crippen molar-refractivity contribution in [2.45, 2.75) is 31.8 Å². The first-order valence-electron chi connectivity index (χ1n) is 6.42. The van der Waals surface area contributed by atoms with E-state index in [-0.39, 0.29) is 6.04 Å². The van der Waals surface area contributed by atoms with Gasteiger partial charge in [-0.05, 0) is 43.2 Å². The fourth-order valence-electron chi connectivity index (χ4n) is 2.41. The minimum Gasteiger partial charge on any atom is -0.370 e. The number of hydrogen-bond donors (Lipinski definition) is 1. The third-order valence-electron chi connectivity index (χ3n) is 3.42. The second-order valence-electron chi connectivity index (χ2n) is 5.08. The molecule has 1 heterocycles. The fraction of sp³-hybridized carbons (Fsp3) is 0.571. The lowest BCUT2D eigenvalue weighted by Crippen LogP contribution is -2.32. The summed E-state index contributed by atoms with van der Waals surface area (Å²) < 4.78 is 1.14. The molecule has 1 aromatic rings. The van der Waals surface area contributed by atoms with Crippen LogP contribution in [0.2, 0.25) is 0 Å². The number of halogens is 1. The summed E-state index contributed by atoms with van der Waals surface area (Å²) in [7, 11) is 2.21. The zero-order valence-electron chi connectivity index (χ0n) is 11.0. The molecule has 100 valence electrons. The number of benzene rings is 1. The molecule has 1 aliphatic rings. The summed E-state index contributed by atoms with van der Waals surface area (Å²) in [5.41, 5.74) is 8.63. The Morgan fingerprint density at radius 2 is 2.33 bits per heavy atom. The molecule has 1 fully saturated rings. The first-order chi connectivity index (χ1) is 8.58. The highest BCUT2D eigenvalue weighted by molar-refractivity contribution is 9.10. The van der Waals surface area contributed by atoms with E-state index in [0.717, 1.165) is 10.9 Å². The molecule has 2 N–H and O–H groups in total. The molecule has 2 atom stereocenters. The van der Waals surface area contributed by atoms with E-state index in [1.807, 2.05) is 0 Å². The summed E-state index contributed by atoms with van der Waals surface area (Å²) >= 11 is 5.63. The highest BCUT2D eigenvalue weighted by atomic mass is 79.9. The van der Waals surface area contributed by atoms with Crippen molar-refractivity contribution < 1.29 is 0 Å². The molecular formula is C14H21BrN2S. The highest BCUT2D eigenvalue weighted by Crippen LogP contribution is 2.31. The van der Waals surface area contributed by atoms with Crippen LogP contribution in [0, 0.1) is 0 Å². The molecule has 0 saturated carbocycles. The van der Waals surface area contributed by atoms with Crippen LogP contribution in [0.5, 0.6) is 0 Å². The van der Waals surface area contributed by atoms with Crippen LogP contribution in [-0.4, -0.2) is 30.6 Å². The quantitative estimate of drug-likeness (QED) is 0.919. The molecule has 0 bridgehead atoms. The number of nitrogens with two attached hydrogens (primary N) is 1. The van der Waals surface area contributed by atoms with Crippen LogP contribution in [0.3, 0.4) is 0 Å². The molecule has 0 radical (unpaired) electrons. The van der Waals surface area contributed by atoms with Crippen molar-refractivity contribution in [3.05, 3.63) is 28.2 Å². The molecule has 0 amide bonds. The molecule has 0 aromatic heterocycles. The van der Waals surface area contributed by atoms with Crippen LogP contribution in [0.25, 0.3) is 0 Å². The Balaban J connectivity index is 2.25. The molecule has 0 spiro atoms. The van der Waals surface area contributed by atoms with Crippen molar-refractivity contribution in [2.75, 3.05) is 23.5 Å². The van der Waals surface area contributed by atoms with Gasteiger partial charge in [0.2, 0.25) is 0 Å². The second-order valence-corrected chi connectivity index (χ2v) is 7.15. The summed E-state index contributed by atoms with van der Waals surface area (Å²) in [5, 5.41) is 0. The second kappa shape index (κ2) is 6.31. The van der Waals surface area contributed by atoms with Crippen molar-refractivity contribution in [1.29, 1.82) is 0 Å². The van der Waals surface area contributed by atoms with Crippen LogP contribution < -0.4 is 10.6 Å². The van der Waals surface area contributed by atoms with Gasteiger partial charge in [-0.15, -0.1) is 0 Å². The zero-order valence-corrected chi connectivity index (χ0v) is 13.4. The van der Waals surface area contributed by atoms with Crippen LogP contribution in [-0.2, 0) is 6.42 Å². The lowest BCUT2D eigenvalue weighted by molar-refractivity contribution is 0.686. The number of rotatable bonds is 4. The minimum atomic E-state index is 0.205. The number of hydrogen-bond acceptors (Lipinski definition) is 3. The maximum atomic E-state index is 5.95. The summed E-state index contributed by atoms with van der Waals surface area (Å²) in [6.07, 6.45) is 2.22. The average molecular weight is 329 g/mol. The lowest BCUT2D eigenvalue weighted by Gasteiger charge is -2.29. The number of thioether (sulfide) groups is 1. The maximum absolute atomic E-state index is 5.95. The number of nitrogens with zero attached hydrogens (tertiary/aromatic N) is 1. The smallest absolute Gasteiger partial charge is 0.0410 e. The predicted molar refractivity (Wildman–Crippen MR) is 85.6 cm³/mol. The topological polar surface area (TPSA) is 29.3 Å². The Kier molecular flexibility index (Phi) is 4.98. The third-order valence-corrected chi connectivity index (χ3v) is 5.06. The van der Waals surface area contributed by atoms with E-state index in [2.05, 4.69) is 64.8 Å². The standard InChI is InChI=1S/C14H21BrN2S/c1-10(16)7-11-3-4-12(15)8-14(11)17(2)13-5-6-18-9-13/h3-4,8,10,13H,5-7,9,16H2,1-2H3. The van der Waals surface area contributed by atoms with Gasteiger partial charge >= 0.3 is 0 Å². The van der Waals surface area contributed by atoms with Gasteiger partial charge in [0.05, 0.1) is 0 Å². The molecule has 1 saturated heterocycles. The minimum absolute atomic E-state index is 0.205. The number of anilines is 1. The van der Waals surface area contributed by atoms with E-state index < -0.39 is 0 Å². The predicted octanol–water partition coefficient (Wildman–Crippen LogP) is 3.28. The van der Waals surface area contributed by atoms with Crippen LogP contribution in [0.4, 0.5) is 5.69 Å². The Morgan fingerprint density at radius 1 is 1.56 bits per heavy atom.